The Morgan fingerprint density at radius 3 is 2.51 bits per heavy atom. The number of hydrogen-bond donors (Lipinski definition) is 2. The number of benzene rings is 2. The molecule has 1 aliphatic heterocycles. The Morgan fingerprint density at radius 1 is 1.06 bits per heavy atom. The van der Waals surface area contributed by atoms with Crippen LogP contribution in [0.15, 0.2) is 48.8 Å². The second kappa shape index (κ2) is 9.21. The summed E-state index contributed by atoms with van der Waals surface area (Å²) in [6.07, 6.45) is 3.07. The molecule has 2 aromatic carbocycles. The summed E-state index contributed by atoms with van der Waals surface area (Å²) in [6.45, 7) is 6.09. The standard InChI is InChI=1S/C25H24F2N6O2/c1-15-16(2)30-23(14-28-15)35-19-5-3-18(4-6-19)32-7-9-33(10-8-32)25(34)31-22-13-29-24-20(22)11-17(26)12-21(24)27/h3-6,11-14,29H,7-10H2,1-2H3,(H,31,34). The first-order chi connectivity index (χ1) is 16.9. The van der Waals surface area contributed by atoms with Crippen molar-refractivity contribution in [3.63, 3.8) is 0 Å². The third-order valence-electron chi connectivity index (χ3n) is 6.11. The highest BCUT2D eigenvalue weighted by molar-refractivity contribution is 6.01. The number of piperazine rings is 1. The van der Waals surface area contributed by atoms with E-state index in [1.807, 2.05) is 38.1 Å². The molecule has 8 nitrogen and oxygen atoms in total. The number of aryl methyl sites for hydroxylation is 2. The zero-order valence-electron chi connectivity index (χ0n) is 19.3. The van der Waals surface area contributed by atoms with Gasteiger partial charge in [-0.25, -0.2) is 18.6 Å². The van der Waals surface area contributed by atoms with Crippen LogP contribution in [0, 0.1) is 25.5 Å². The fourth-order valence-electron chi connectivity index (χ4n) is 4.04. The summed E-state index contributed by atoms with van der Waals surface area (Å²) >= 11 is 0. The number of anilines is 2. The number of carbonyl (C=O) groups is 1. The molecule has 0 spiro atoms. The van der Waals surface area contributed by atoms with Gasteiger partial charge in [-0.15, -0.1) is 0 Å². The predicted molar refractivity (Wildman–Crippen MR) is 129 cm³/mol. The molecule has 35 heavy (non-hydrogen) atoms. The number of nitrogens with one attached hydrogen (secondary N) is 2. The number of H-pyrrole nitrogens is 1. The Hall–Kier alpha value is -4.21. The van der Waals surface area contributed by atoms with Crippen LogP contribution < -0.4 is 15.0 Å². The lowest BCUT2D eigenvalue weighted by molar-refractivity contribution is 0.208. The van der Waals surface area contributed by atoms with Crippen LogP contribution in [0.5, 0.6) is 11.6 Å². The molecule has 0 atom stereocenters. The highest BCUT2D eigenvalue weighted by Crippen LogP contribution is 2.27. The molecule has 3 heterocycles. The third-order valence-corrected chi connectivity index (χ3v) is 6.11. The third kappa shape index (κ3) is 4.72. The molecule has 1 aliphatic rings. The normalized spacial score (nSPS) is 13.8. The zero-order valence-corrected chi connectivity index (χ0v) is 19.3. The molecule has 0 bridgehead atoms. The molecule has 0 unspecified atom stereocenters. The van der Waals surface area contributed by atoms with E-state index >= 15 is 0 Å². The summed E-state index contributed by atoms with van der Waals surface area (Å²) in [6, 6.07) is 9.38. The van der Waals surface area contributed by atoms with Gasteiger partial charge in [-0.05, 0) is 44.2 Å². The Morgan fingerprint density at radius 2 is 1.80 bits per heavy atom. The fraction of sp³-hybridized carbons (Fsp3) is 0.240. The SMILES string of the molecule is Cc1ncc(Oc2ccc(N3CCN(C(=O)Nc4c[nH]c5c(F)cc(F)cc45)CC3)cc2)nc1C. The Bertz CT molecular complexity index is 1380. The van der Waals surface area contributed by atoms with Gasteiger partial charge in [0.15, 0.2) is 0 Å². The number of nitrogens with zero attached hydrogens (tertiary/aromatic N) is 4. The molecule has 1 fully saturated rings. The molecular weight excluding hydrogens is 454 g/mol. The Balaban J connectivity index is 1.18. The maximum atomic E-state index is 13.9. The largest absolute Gasteiger partial charge is 0.437 e. The lowest BCUT2D eigenvalue weighted by Crippen LogP contribution is -2.50. The topological polar surface area (TPSA) is 86.4 Å². The quantitative estimate of drug-likeness (QED) is 0.431. The van der Waals surface area contributed by atoms with Crippen LogP contribution in [-0.4, -0.2) is 52.1 Å². The summed E-state index contributed by atoms with van der Waals surface area (Å²) < 4.78 is 33.3. The van der Waals surface area contributed by atoms with Crippen LogP contribution in [0.4, 0.5) is 25.0 Å². The summed E-state index contributed by atoms with van der Waals surface area (Å²) in [5, 5.41) is 3.05. The first-order valence-electron chi connectivity index (χ1n) is 11.2. The minimum absolute atomic E-state index is 0.156. The van der Waals surface area contributed by atoms with Gasteiger partial charge in [0.05, 0.1) is 28.8 Å². The lowest BCUT2D eigenvalue weighted by atomic mass is 10.2. The van der Waals surface area contributed by atoms with E-state index in [0.717, 1.165) is 23.1 Å². The average Bonchev–Trinajstić information content (AvgIpc) is 3.25. The number of hydrogen-bond acceptors (Lipinski definition) is 5. The molecule has 0 saturated carbocycles. The van der Waals surface area contributed by atoms with E-state index in [4.69, 9.17) is 4.74 Å². The van der Waals surface area contributed by atoms with Crippen molar-refractivity contribution in [3.05, 3.63) is 71.8 Å². The average molecular weight is 479 g/mol. The molecule has 1 saturated heterocycles. The number of urea groups is 1. The van der Waals surface area contributed by atoms with Gasteiger partial charge in [0.2, 0.25) is 5.88 Å². The number of rotatable bonds is 4. The van der Waals surface area contributed by atoms with Crippen LogP contribution in [-0.2, 0) is 0 Å². The maximum Gasteiger partial charge on any atom is 0.322 e. The van der Waals surface area contributed by atoms with Gasteiger partial charge >= 0.3 is 6.03 Å². The van der Waals surface area contributed by atoms with Crippen LogP contribution in [0.3, 0.4) is 0 Å². The van der Waals surface area contributed by atoms with Crippen molar-refractivity contribution in [2.45, 2.75) is 13.8 Å². The van der Waals surface area contributed by atoms with E-state index in [9.17, 15) is 13.6 Å². The van der Waals surface area contributed by atoms with Crippen LogP contribution >= 0.6 is 0 Å². The van der Waals surface area contributed by atoms with Gasteiger partial charge in [0, 0.05) is 49.5 Å². The number of ether oxygens (including phenoxy) is 1. The summed E-state index contributed by atoms with van der Waals surface area (Å²) in [5.41, 5.74) is 3.21. The predicted octanol–water partition coefficient (Wildman–Crippen LogP) is 5.00. The first kappa shape index (κ1) is 22.6. The number of aromatic nitrogens is 3. The zero-order chi connectivity index (χ0) is 24.5. The number of fused-ring (bicyclic) bond motifs is 1. The smallest absolute Gasteiger partial charge is 0.322 e. The minimum Gasteiger partial charge on any atom is -0.437 e. The molecular formula is C25H24F2N6O2. The van der Waals surface area contributed by atoms with Crippen LogP contribution in [0.2, 0.25) is 0 Å². The van der Waals surface area contributed by atoms with E-state index < -0.39 is 11.6 Å². The summed E-state index contributed by atoms with van der Waals surface area (Å²) in [4.78, 5) is 28.0. The molecule has 5 rings (SSSR count). The Labute approximate surface area is 200 Å². The lowest BCUT2D eigenvalue weighted by Gasteiger charge is -2.36. The van der Waals surface area contributed by atoms with Crippen molar-refractivity contribution in [1.29, 1.82) is 0 Å². The molecule has 0 aliphatic carbocycles. The maximum absolute atomic E-state index is 13.9. The minimum atomic E-state index is -0.701. The highest BCUT2D eigenvalue weighted by Gasteiger charge is 2.22. The van der Waals surface area contributed by atoms with Crippen LogP contribution in [0.25, 0.3) is 10.9 Å². The van der Waals surface area contributed by atoms with Crippen molar-refractivity contribution in [2.24, 2.45) is 0 Å². The van der Waals surface area contributed by atoms with Gasteiger partial charge < -0.3 is 24.8 Å². The van der Waals surface area contributed by atoms with Crippen molar-refractivity contribution < 1.29 is 18.3 Å². The molecule has 2 aromatic heterocycles. The van der Waals surface area contributed by atoms with Crippen LogP contribution in [0.1, 0.15) is 11.4 Å². The molecule has 4 aromatic rings. The molecule has 2 amide bonds. The second-order valence-corrected chi connectivity index (χ2v) is 8.39. The van der Waals surface area contributed by atoms with Gasteiger partial charge in [0.25, 0.3) is 0 Å². The molecule has 2 N–H and O–H groups in total. The number of halogens is 2. The van der Waals surface area contributed by atoms with E-state index in [2.05, 4.69) is 25.2 Å². The highest BCUT2D eigenvalue weighted by atomic mass is 19.1. The van der Waals surface area contributed by atoms with Gasteiger partial charge in [-0.1, -0.05) is 0 Å². The first-order valence-corrected chi connectivity index (χ1v) is 11.2. The number of amides is 2. The van der Waals surface area contributed by atoms with E-state index in [1.54, 1.807) is 11.1 Å². The van der Waals surface area contributed by atoms with E-state index in [1.165, 1.54) is 12.3 Å². The van der Waals surface area contributed by atoms with Crippen molar-refractivity contribution in [2.75, 3.05) is 36.4 Å². The van der Waals surface area contributed by atoms with Gasteiger partial charge in [0.1, 0.15) is 17.4 Å². The number of carbonyl (C=O) groups excluding carboxylic acids is 1. The summed E-state index contributed by atoms with van der Waals surface area (Å²) in [7, 11) is 0. The number of aromatic amines is 1. The van der Waals surface area contributed by atoms with E-state index in [0.29, 0.717) is 48.9 Å². The monoisotopic (exact) mass is 478 g/mol. The van der Waals surface area contributed by atoms with Crippen molar-refractivity contribution in [1.82, 2.24) is 19.9 Å². The fourth-order valence-corrected chi connectivity index (χ4v) is 4.04. The van der Waals surface area contributed by atoms with E-state index in [-0.39, 0.29) is 11.5 Å². The molecule has 0 radical (unpaired) electrons. The molecule has 180 valence electrons. The van der Waals surface area contributed by atoms with Crippen molar-refractivity contribution >= 4 is 28.3 Å². The Kier molecular flexibility index (Phi) is 5.94. The van der Waals surface area contributed by atoms with Crippen molar-refractivity contribution in [3.8, 4) is 11.6 Å². The van der Waals surface area contributed by atoms with Gasteiger partial charge in [-0.3, -0.25) is 4.98 Å². The van der Waals surface area contributed by atoms with Gasteiger partial charge in [-0.2, -0.15) is 0 Å². The second-order valence-electron chi connectivity index (χ2n) is 8.39. The summed E-state index contributed by atoms with van der Waals surface area (Å²) in [5.74, 6) is -0.290. The molecule has 10 heteroatoms.